The zero-order chi connectivity index (χ0) is 11.6. The fourth-order valence-electron chi connectivity index (χ4n) is 1.76. The number of nitrogens with one attached hydrogen (secondary N) is 1. The van der Waals surface area contributed by atoms with E-state index in [0.717, 1.165) is 26.1 Å². The topological polar surface area (TPSA) is 29.9 Å². The third kappa shape index (κ3) is 3.25. The lowest BCUT2D eigenvalue weighted by Crippen LogP contribution is -2.28. The summed E-state index contributed by atoms with van der Waals surface area (Å²) >= 11 is 1.86. The maximum Gasteiger partial charge on any atom is 0.168 e. The third-order valence-corrected chi connectivity index (χ3v) is 3.54. The van der Waals surface area contributed by atoms with Crippen molar-refractivity contribution in [3.63, 3.8) is 0 Å². The number of thioether (sulfide) groups is 1. The first-order valence-corrected chi connectivity index (χ1v) is 6.93. The largest absolute Gasteiger partial charge is 0.325 e. The zero-order valence-corrected chi connectivity index (χ0v) is 11.2. The van der Waals surface area contributed by atoms with Crippen LogP contribution in [-0.4, -0.2) is 28.4 Å². The van der Waals surface area contributed by atoms with E-state index < -0.39 is 0 Å². The molecule has 4 heteroatoms. The highest BCUT2D eigenvalue weighted by Gasteiger charge is 2.14. The maximum absolute atomic E-state index is 4.61. The van der Waals surface area contributed by atoms with E-state index in [1.54, 1.807) is 0 Å². The van der Waals surface area contributed by atoms with Crippen molar-refractivity contribution in [3.8, 4) is 0 Å². The molecule has 1 N–H and O–H groups in total. The summed E-state index contributed by atoms with van der Waals surface area (Å²) in [7, 11) is 0. The Bertz CT molecular complexity index is 330. The van der Waals surface area contributed by atoms with Gasteiger partial charge in [-0.05, 0) is 5.41 Å². The number of imidazole rings is 1. The maximum atomic E-state index is 4.61. The number of nitrogens with zero attached hydrogens (tertiary/aromatic N) is 2. The quantitative estimate of drug-likeness (QED) is 0.817. The summed E-state index contributed by atoms with van der Waals surface area (Å²) in [5.74, 6) is 1.19. The lowest BCUT2D eigenvalue weighted by atomic mass is 9.97. The molecule has 0 atom stereocenters. The van der Waals surface area contributed by atoms with E-state index in [-0.39, 0.29) is 0 Å². The summed E-state index contributed by atoms with van der Waals surface area (Å²) < 4.78 is 2.27. The number of rotatable bonds is 4. The van der Waals surface area contributed by atoms with Crippen LogP contribution in [0.3, 0.4) is 0 Å². The highest BCUT2D eigenvalue weighted by atomic mass is 32.2. The molecule has 0 unspecified atom stereocenters. The van der Waals surface area contributed by atoms with Gasteiger partial charge in [-0.25, -0.2) is 4.98 Å². The van der Waals surface area contributed by atoms with E-state index in [2.05, 4.69) is 41.8 Å². The molecule has 1 aliphatic heterocycles. The Morgan fingerprint density at radius 1 is 1.50 bits per heavy atom. The van der Waals surface area contributed by atoms with Gasteiger partial charge in [0.05, 0.1) is 5.69 Å². The molecule has 0 aliphatic carbocycles. The van der Waals surface area contributed by atoms with Crippen LogP contribution in [0.2, 0.25) is 0 Å². The summed E-state index contributed by atoms with van der Waals surface area (Å²) in [6.07, 6.45) is 3.24. The highest BCUT2D eigenvalue weighted by molar-refractivity contribution is 7.99. The minimum absolute atomic E-state index is 0.367. The van der Waals surface area contributed by atoms with Gasteiger partial charge in [0.15, 0.2) is 5.16 Å². The Labute approximate surface area is 102 Å². The summed E-state index contributed by atoms with van der Waals surface area (Å²) in [4.78, 5) is 4.61. The SMILES string of the molecule is CC(C)(C)CNCCc1cn2c(n1)SCC2. The van der Waals surface area contributed by atoms with E-state index in [4.69, 9.17) is 0 Å². The molecule has 0 amide bonds. The van der Waals surface area contributed by atoms with Crippen LogP contribution in [0.4, 0.5) is 0 Å². The molecule has 0 fully saturated rings. The average Bonchev–Trinajstić information content (AvgIpc) is 2.70. The monoisotopic (exact) mass is 239 g/mol. The van der Waals surface area contributed by atoms with Crippen molar-refractivity contribution in [3.05, 3.63) is 11.9 Å². The molecular weight excluding hydrogens is 218 g/mol. The fraction of sp³-hybridized carbons (Fsp3) is 0.750. The molecule has 0 saturated carbocycles. The van der Waals surface area contributed by atoms with Gasteiger partial charge in [-0.2, -0.15) is 0 Å². The number of hydrogen-bond acceptors (Lipinski definition) is 3. The van der Waals surface area contributed by atoms with Crippen molar-refractivity contribution in [2.24, 2.45) is 5.41 Å². The van der Waals surface area contributed by atoms with E-state index in [9.17, 15) is 0 Å². The van der Waals surface area contributed by atoms with Gasteiger partial charge >= 0.3 is 0 Å². The van der Waals surface area contributed by atoms with Gasteiger partial charge in [-0.1, -0.05) is 32.5 Å². The molecule has 16 heavy (non-hydrogen) atoms. The molecule has 0 aromatic carbocycles. The van der Waals surface area contributed by atoms with Gasteiger partial charge in [0, 0.05) is 38.0 Å². The first kappa shape index (κ1) is 12.0. The van der Waals surface area contributed by atoms with Gasteiger partial charge in [0.25, 0.3) is 0 Å². The molecular formula is C12H21N3S. The lowest BCUT2D eigenvalue weighted by molar-refractivity contribution is 0.381. The van der Waals surface area contributed by atoms with Crippen LogP contribution in [0, 0.1) is 5.41 Å². The second-order valence-corrected chi connectivity index (χ2v) is 6.61. The van der Waals surface area contributed by atoms with Crippen molar-refractivity contribution in [1.82, 2.24) is 14.9 Å². The molecule has 0 spiro atoms. The smallest absolute Gasteiger partial charge is 0.168 e. The number of aryl methyl sites for hydroxylation is 1. The number of hydrogen-bond donors (Lipinski definition) is 1. The lowest BCUT2D eigenvalue weighted by Gasteiger charge is -2.18. The predicted molar refractivity (Wildman–Crippen MR) is 69.0 cm³/mol. The second-order valence-electron chi connectivity index (χ2n) is 5.54. The standard InChI is InChI=1S/C12H21N3S/c1-12(2,3)9-13-5-4-10-8-15-6-7-16-11(15)14-10/h8,13H,4-7,9H2,1-3H3. The predicted octanol–water partition coefficient (Wildman–Crippen LogP) is 2.17. The Balaban J connectivity index is 1.73. The van der Waals surface area contributed by atoms with Gasteiger partial charge in [-0.15, -0.1) is 0 Å². The second kappa shape index (κ2) is 4.80. The van der Waals surface area contributed by atoms with Crippen molar-refractivity contribution in [2.45, 2.75) is 38.9 Å². The molecule has 1 aromatic heterocycles. The van der Waals surface area contributed by atoms with E-state index >= 15 is 0 Å². The van der Waals surface area contributed by atoms with Crippen molar-refractivity contribution in [1.29, 1.82) is 0 Å². The first-order chi connectivity index (χ1) is 7.54. The van der Waals surface area contributed by atoms with Gasteiger partial charge < -0.3 is 9.88 Å². The van der Waals surface area contributed by atoms with Crippen LogP contribution in [-0.2, 0) is 13.0 Å². The van der Waals surface area contributed by atoms with Crippen LogP contribution in [0.25, 0.3) is 0 Å². The van der Waals surface area contributed by atoms with Gasteiger partial charge in [0.2, 0.25) is 0 Å². The molecule has 0 bridgehead atoms. The molecule has 90 valence electrons. The van der Waals surface area contributed by atoms with Gasteiger partial charge in [0.1, 0.15) is 0 Å². The molecule has 2 rings (SSSR count). The minimum Gasteiger partial charge on any atom is -0.325 e. The van der Waals surface area contributed by atoms with Crippen molar-refractivity contribution in [2.75, 3.05) is 18.8 Å². The summed E-state index contributed by atoms with van der Waals surface area (Å²) in [6.45, 7) is 9.97. The number of aromatic nitrogens is 2. The van der Waals surface area contributed by atoms with Crippen LogP contribution < -0.4 is 5.32 Å². The number of fused-ring (bicyclic) bond motifs is 1. The third-order valence-electron chi connectivity index (χ3n) is 2.57. The van der Waals surface area contributed by atoms with Crippen molar-refractivity contribution < 1.29 is 0 Å². The Kier molecular flexibility index (Phi) is 3.60. The fourth-order valence-corrected chi connectivity index (χ4v) is 2.72. The summed E-state index contributed by atoms with van der Waals surface area (Å²) in [5.41, 5.74) is 1.59. The molecule has 0 saturated heterocycles. The van der Waals surface area contributed by atoms with E-state index in [1.165, 1.54) is 16.6 Å². The normalized spacial score (nSPS) is 15.4. The van der Waals surface area contributed by atoms with Crippen LogP contribution >= 0.6 is 11.8 Å². The molecule has 3 nitrogen and oxygen atoms in total. The van der Waals surface area contributed by atoms with Crippen LogP contribution in [0.15, 0.2) is 11.4 Å². The van der Waals surface area contributed by atoms with Crippen LogP contribution in [0.5, 0.6) is 0 Å². The highest BCUT2D eigenvalue weighted by Crippen LogP contribution is 2.24. The Morgan fingerprint density at radius 3 is 3.00 bits per heavy atom. The molecule has 1 aliphatic rings. The zero-order valence-electron chi connectivity index (χ0n) is 10.4. The minimum atomic E-state index is 0.367. The molecule has 0 radical (unpaired) electrons. The van der Waals surface area contributed by atoms with Crippen molar-refractivity contribution >= 4 is 11.8 Å². The molecule has 2 heterocycles. The Morgan fingerprint density at radius 2 is 2.31 bits per heavy atom. The van der Waals surface area contributed by atoms with E-state index in [1.807, 2.05) is 11.8 Å². The van der Waals surface area contributed by atoms with Gasteiger partial charge in [-0.3, -0.25) is 0 Å². The van der Waals surface area contributed by atoms with Crippen LogP contribution in [0.1, 0.15) is 26.5 Å². The Hall–Kier alpha value is -0.480. The molecule has 1 aromatic rings. The summed E-state index contributed by atoms with van der Waals surface area (Å²) in [6, 6.07) is 0. The van der Waals surface area contributed by atoms with E-state index in [0.29, 0.717) is 5.41 Å². The summed E-state index contributed by atoms with van der Waals surface area (Å²) in [5, 5.41) is 4.68. The first-order valence-electron chi connectivity index (χ1n) is 5.94. The average molecular weight is 239 g/mol.